The number of H-pyrrole nitrogens is 1. The maximum atomic E-state index is 12.7. The predicted molar refractivity (Wildman–Crippen MR) is 117 cm³/mol. The summed E-state index contributed by atoms with van der Waals surface area (Å²) in [5.41, 5.74) is 2.87. The van der Waals surface area contributed by atoms with Gasteiger partial charge in [0.15, 0.2) is 11.2 Å². The minimum Gasteiger partial charge on any atom is -0.481 e. The number of hydrogen-bond donors (Lipinski definition) is 5. The van der Waals surface area contributed by atoms with Gasteiger partial charge in [-0.3, -0.25) is 19.4 Å². The molecule has 15 heteroatoms. The summed E-state index contributed by atoms with van der Waals surface area (Å²) in [6.45, 7) is -0.561. The second-order valence-electron chi connectivity index (χ2n) is 6.64. The van der Waals surface area contributed by atoms with Gasteiger partial charge in [-0.2, -0.15) is 4.98 Å². The third-order valence-electron chi connectivity index (χ3n) is 4.24. The summed E-state index contributed by atoms with van der Waals surface area (Å²) in [5.74, 6) is -4.40. The van der Waals surface area contributed by atoms with E-state index in [0.29, 0.717) is 5.01 Å². The number of hydrogen-bond acceptors (Lipinski definition) is 10. The zero-order valence-electron chi connectivity index (χ0n) is 21.0. The molecule has 0 fully saturated rings. The number of aromatic amines is 1. The molecule has 1 unspecified atom stereocenters. The first kappa shape index (κ1) is 18.6. The lowest BCUT2D eigenvalue weighted by Gasteiger charge is -2.16. The van der Waals surface area contributed by atoms with Crippen LogP contribution >= 0.6 is 0 Å². The van der Waals surface area contributed by atoms with Gasteiger partial charge in [-0.25, -0.2) is 19.8 Å². The van der Waals surface area contributed by atoms with Crippen molar-refractivity contribution in [2.45, 2.75) is 25.4 Å². The molecule has 0 radical (unpaired) electrons. The van der Waals surface area contributed by atoms with Crippen molar-refractivity contribution in [2.24, 2.45) is 5.29 Å². The Kier molecular flexibility index (Phi) is 5.53. The lowest BCUT2D eigenvalue weighted by molar-refractivity contribution is -0.140. The molecular formula is C19H18N8O7. The summed E-state index contributed by atoms with van der Waals surface area (Å²) in [6, 6.07) is -5.26. The minimum absolute atomic E-state index is 0.0458. The number of nitrogens with zero attached hydrogens (tertiary/aromatic N) is 5. The highest BCUT2D eigenvalue weighted by molar-refractivity contribution is 5.97. The topological polar surface area (TPSA) is 234 Å². The van der Waals surface area contributed by atoms with Gasteiger partial charge in [0.2, 0.25) is 5.95 Å². The van der Waals surface area contributed by atoms with Crippen molar-refractivity contribution in [3.05, 3.63) is 56.9 Å². The monoisotopic (exact) mass is 474 g/mol. The number of aliphatic carboxylic acids is 2. The van der Waals surface area contributed by atoms with Gasteiger partial charge < -0.3 is 21.3 Å². The van der Waals surface area contributed by atoms with E-state index in [4.69, 9.17) is 16.3 Å². The highest BCUT2D eigenvalue weighted by Gasteiger charge is 2.22. The highest BCUT2D eigenvalue weighted by Crippen LogP contribution is 2.18. The number of carbonyl (C=O) groups excluding carboxylic acids is 1. The van der Waals surface area contributed by atoms with Crippen LogP contribution < -0.4 is 21.6 Å². The highest BCUT2D eigenvalue weighted by atomic mass is 16.4. The summed E-state index contributed by atoms with van der Waals surface area (Å²) in [7, 11) is 0. The third-order valence-corrected chi connectivity index (χ3v) is 4.24. The number of carboxylic acid groups (broad SMARTS) is 2. The van der Waals surface area contributed by atoms with Crippen molar-refractivity contribution >= 4 is 40.6 Å². The van der Waals surface area contributed by atoms with Crippen LogP contribution in [0.25, 0.3) is 11.2 Å². The molecule has 0 saturated heterocycles. The molecule has 6 N–H and O–H groups in total. The van der Waals surface area contributed by atoms with Crippen LogP contribution in [0.2, 0.25) is 0 Å². The number of carbonyl (C=O) groups is 3. The second-order valence-corrected chi connectivity index (χ2v) is 6.64. The van der Waals surface area contributed by atoms with Gasteiger partial charge in [0.25, 0.3) is 11.5 Å². The van der Waals surface area contributed by atoms with Crippen LogP contribution in [0.1, 0.15) is 34.4 Å². The SMILES string of the molecule is [2H]c1c([2H])c(N(Cc2cnc3nc(N)[nH]c(=O)c3n2)N=O)c([2H])c([2H])c1C(=O)NC(CCC(=O)O)C(=O)O. The fourth-order valence-corrected chi connectivity index (χ4v) is 2.65. The molecule has 0 saturated carbocycles. The Hall–Kier alpha value is -4.95. The summed E-state index contributed by atoms with van der Waals surface area (Å²) in [4.78, 5) is 72.5. The first-order valence-corrected chi connectivity index (χ1v) is 9.33. The molecule has 1 aromatic carbocycles. The van der Waals surface area contributed by atoms with Gasteiger partial charge in [-0.1, -0.05) is 0 Å². The van der Waals surface area contributed by atoms with Crippen LogP contribution in [0.15, 0.2) is 40.4 Å². The van der Waals surface area contributed by atoms with Crippen LogP contribution in [0, 0.1) is 4.91 Å². The van der Waals surface area contributed by atoms with Crippen molar-refractivity contribution < 1.29 is 30.1 Å². The van der Waals surface area contributed by atoms with Crippen molar-refractivity contribution in [3.8, 4) is 0 Å². The van der Waals surface area contributed by atoms with Crippen LogP contribution in [0.5, 0.6) is 0 Å². The van der Waals surface area contributed by atoms with Crippen LogP contribution in [-0.2, 0) is 16.1 Å². The van der Waals surface area contributed by atoms with Crippen molar-refractivity contribution in [3.63, 3.8) is 0 Å². The maximum absolute atomic E-state index is 12.7. The largest absolute Gasteiger partial charge is 0.481 e. The smallest absolute Gasteiger partial charge is 0.326 e. The lowest BCUT2D eigenvalue weighted by Crippen LogP contribution is -2.41. The molecule has 0 aliphatic rings. The van der Waals surface area contributed by atoms with Crippen molar-refractivity contribution in [2.75, 3.05) is 10.7 Å². The molecule has 2 aromatic heterocycles. The second kappa shape index (κ2) is 10.1. The van der Waals surface area contributed by atoms with Gasteiger partial charge in [0.1, 0.15) is 6.04 Å². The number of nitroso groups, excluding NO2 is 1. The Balaban J connectivity index is 1.98. The molecule has 0 bridgehead atoms. The van der Waals surface area contributed by atoms with E-state index in [9.17, 15) is 29.2 Å². The van der Waals surface area contributed by atoms with E-state index in [1.54, 1.807) is 0 Å². The third kappa shape index (κ3) is 5.64. The van der Waals surface area contributed by atoms with E-state index in [0.717, 1.165) is 6.20 Å². The Morgan fingerprint density at radius 2 is 1.94 bits per heavy atom. The lowest BCUT2D eigenvalue weighted by atomic mass is 10.1. The van der Waals surface area contributed by atoms with E-state index in [1.807, 2.05) is 5.32 Å². The van der Waals surface area contributed by atoms with Gasteiger partial charge in [-0.05, 0) is 30.6 Å². The number of fused-ring (bicyclic) bond motifs is 1. The fraction of sp³-hybridized carbons (Fsp3) is 0.211. The molecule has 176 valence electrons. The molecule has 1 atom stereocenters. The summed E-state index contributed by atoms with van der Waals surface area (Å²) in [5, 5.41) is 23.2. The average Bonchev–Trinajstić information content (AvgIpc) is 2.84. The zero-order chi connectivity index (χ0) is 28.3. The molecule has 3 rings (SSSR count). The Morgan fingerprint density at radius 3 is 2.56 bits per heavy atom. The molecule has 2 heterocycles. The van der Waals surface area contributed by atoms with Gasteiger partial charge in [-0.15, -0.1) is 4.91 Å². The molecular weight excluding hydrogens is 452 g/mol. The quantitative estimate of drug-likeness (QED) is 0.193. The molecule has 0 aliphatic heterocycles. The summed E-state index contributed by atoms with van der Waals surface area (Å²) < 4.78 is 32.8. The number of nitrogens with one attached hydrogen (secondary N) is 2. The molecule has 0 aliphatic carbocycles. The summed E-state index contributed by atoms with van der Waals surface area (Å²) in [6.07, 6.45) is 0.0169. The number of amides is 1. The molecule has 3 aromatic rings. The molecule has 15 nitrogen and oxygen atoms in total. The Labute approximate surface area is 195 Å². The number of rotatable bonds is 10. The van der Waals surface area contributed by atoms with E-state index >= 15 is 0 Å². The van der Waals surface area contributed by atoms with Gasteiger partial charge in [0.05, 0.1) is 34.9 Å². The number of aromatic nitrogens is 4. The number of anilines is 2. The van der Waals surface area contributed by atoms with E-state index in [1.165, 1.54) is 0 Å². The molecule has 1 amide bonds. The molecule has 34 heavy (non-hydrogen) atoms. The number of nitrogens with two attached hydrogens (primary N) is 1. The Morgan fingerprint density at radius 1 is 1.24 bits per heavy atom. The van der Waals surface area contributed by atoms with Crippen LogP contribution in [0.4, 0.5) is 11.6 Å². The summed E-state index contributed by atoms with van der Waals surface area (Å²) >= 11 is 0. The average molecular weight is 474 g/mol. The van der Waals surface area contributed by atoms with Crippen LogP contribution in [-0.4, -0.2) is 54.0 Å². The predicted octanol–water partition coefficient (Wildman–Crippen LogP) is 0.0311. The normalized spacial score (nSPS) is 13.2. The minimum atomic E-state index is -1.69. The number of benzene rings is 1. The van der Waals surface area contributed by atoms with Gasteiger partial charge in [0, 0.05) is 12.0 Å². The van der Waals surface area contributed by atoms with Crippen molar-refractivity contribution in [1.82, 2.24) is 25.3 Å². The fourth-order valence-electron chi connectivity index (χ4n) is 2.65. The van der Waals surface area contributed by atoms with Gasteiger partial charge >= 0.3 is 11.9 Å². The van der Waals surface area contributed by atoms with E-state index < -0.39 is 84.3 Å². The van der Waals surface area contributed by atoms with E-state index in [2.05, 4.69) is 25.2 Å². The zero-order valence-corrected chi connectivity index (χ0v) is 17.0. The van der Waals surface area contributed by atoms with E-state index in [-0.39, 0.29) is 22.8 Å². The number of carboxylic acids is 2. The Bertz CT molecular complexity index is 1500. The van der Waals surface area contributed by atoms with Crippen LogP contribution in [0.3, 0.4) is 0 Å². The maximum Gasteiger partial charge on any atom is 0.326 e. The standard InChI is InChI=1S/C19H18N8O7/c20-19-24-15-14(17(31)25-19)22-10(7-21-15)8-27(26-34)11-3-1-9(2-4-11)16(30)23-12(18(32)33)5-6-13(28)29/h1-4,7,12H,5-6,8H2,(H,23,30)(H,28,29)(H,32,33)(H3,20,21,24,25,31)/i1D,2D,3D,4D. The first-order valence-electron chi connectivity index (χ1n) is 11.3. The first-order chi connectivity index (χ1) is 17.8. The van der Waals surface area contributed by atoms with Crippen molar-refractivity contribution in [1.29, 1.82) is 0 Å². The molecule has 0 spiro atoms. The number of nitrogen functional groups attached to an aromatic ring is 1.